The molecular weight excluding hydrogens is 386 g/mol. The van der Waals surface area contributed by atoms with Crippen molar-refractivity contribution in [3.8, 4) is 22.8 Å². The average molecular weight is 410 g/mol. The first-order valence-corrected chi connectivity index (χ1v) is 10.3. The van der Waals surface area contributed by atoms with Gasteiger partial charge in [-0.25, -0.2) is 9.50 Å². The number of pyridine rings is 1. The van der Waals surface area contributed by atoms with E-state index in [9.17, 15) is 0 Å². The zero-order chi connectivity index (χ0) is 20.2. The third kappa shape index (κ3) is 3.88. The van der Waals surface area contributed by atoms with Gasteiger partial charge in [0.25, 0.3) is 0 Å². The SMILES string of the molecule is CCc1cc(-c2cnc3sc(NCCc4ccccn4)nn23)cc(OC)c1OC. The van der Waals surface area contributed by atoms with E-state index in [1.807, 2.05) is 41.2 Å². The monoisotopic (exact) mass is 409 g/mol. The molecule has 0 amide bonds. The Morgan fingerprint density at radius 3 is 2.76 bits per heavy atom. The molecule has 4 aromatic rings. The number of ether oxygens (including phenoxy) is 2. The second-order valence-electron chi connectivity index (χ2n) is 6.47. The van der Waals surface area contributed by atoms with E-state index in [0.717, 1.165) is 57.7 Å². The Labute approximate surface area is 173 Å². The predicted octanol–water partition coefficient (Wildman–Crippen LogP) is 4.09. The predicted molar refractivity (Wildman–Crippen MR) is 115 cm³/mol. The smallest absolute Gasteiger partial charge is 0.214 e. The lowest BCUT2D eigenvalue weighted by atomic mass is 10.0. The highest BCUT2D eigenvalue weighted by atomic mass is 32.1. The molecule has 0 bridgehead atoms. The van der Waals surface area contributed by atoms with Gasteiger partial charge in [-0.3, -0.25) is 4.98 Å². The summed E-state index contributed by atoms with van der Waals surface area (Å²) in [6, 6.07) is 10.0. The lowest BCUT2D eigenvalue weighted by Gasteiger charge is -2.13. The highest BCUT2D eigenvalue weighted by Crippen LogP contribution is 2.37. The van der Waals surface area contributed by atoms with Crippen LogP contribution in [-0.4, -0.2) is 40.3 Å². The van der Waals surface area contributed by atoms with Crippen LogP contribution in [0.3, 0.4) is 0 Å². The summed E-state index contributed by atoms with van der Waals surface area (Å²) in [5.74, 6) is 1.48. The highest BCUT2D eigenvalue weighted by Gasteiger charge is 2.16. The van der Waals surface area contributed by atoms with Gasteiger partial charge in [0.05, 0.1) is 26.1 Å². The molecule has 1 aromatic carbocycles. The van der Waals surface area contributed by atoms with Crippen LogP contribution in [0, 0.1) is 0 Å². The number of aromatic nitrogens is 4. The molecular formula is C21H23N5O2S. The summed E-state index contributed by atoms with van der Waals surface area (Å²) < 4.78 is 12.9. The Bertz CT molecular complexity index is 1080. The Kier molecular flexibility index (Phi) is 5.62. The van der Waals surface area contributed by atoms with Gasteiger partial charge in [-0.05, 0) is 36.2 Å². The maximum atomic E-state index is 5.54. The molecule has 4 rings (SSSR count). The first-order valence-electron chi connectivity index (χ1n) is 9.47. The van der Waals surface area contributed by atoms with Crippen LogP contribution in [0.4, 0.5) is 5.13 Å². The minimum atomic E-state index is 0.709. The minimum Gasteiger partial charge on any atom is -0.493 e. The van der Waals surface area contributed by atoms with Crippen molar-refractivity contribution < 1.29 is 9.47 Å². The molecule has 0 fully saturated rings. The fourth-order valence-electron chi connectivity index (χ4n) is 3.26. The molecule has 7 nitrogen and oxygen atoms in total. The number of aryl methyl sites for hydroxylation is 1. The fraction of sp³-hybridized carbons (Fsp3) is 0.286. The van der Waals surface area contributed by atoms with Crippen LogP contribution in [0.2, 0.25) is 0 Å². The topological polar surface area (TPSA) is 73.6 Å². The molecule has 0 radical (unpaired) electrons. The number of rotatable bonds is 8. The van der Waals surface area contributed by atoms with Crippen molar-refractivity contribution in [2.24, 2.45) is 0 Å². The molecule has 0 saturated heterocycles. The number of nitrogens with zero attached hydrogens (tertiary/aromatic N) is 4. The number of anilines is 1. The molecule has 1 N–H and O–H groups in total. The van der Waals surface area contributed by atoms with Crippen LogP contribution in [0.5, 0.6) is 11.5 Å². The molecule has 0 spiro atoms. The number of nitrogens with one attached hydrogen (secondary N) is 1. The van der Waals surface area contributed by atoms with Gasteiger partial charge in [0.1, 0.15) is 0 Å². The van der Waals surface area contributed by atoms with E-state index in [-0.39, 0.29) is 0 Å². The van der Waals surface area contributed by atoms with E-state index < -0.39 is 0 Å². The molecule has 8 heteroatoms. The second kappa shape index (κ2) is 8.48. The number of fused-ring (bicyclic) bond motifs is 1. The summed E-state index contributed by atoms with van der Waals surface area (Å²) >= 11 is 1.53. The van der Waals surface area contributed by atoms with Crippen molar-refractivity contribution in [3.05, 3.63) is 54.0 Å². The average Bonchev–Trinajstić information content (AvgIpc) is 3.33. The van der Waals surface area contributed by atoms with Crippen LogP contribution in [0.1, 0.15) is 18.2 Å². The van der Waals surface area contributed by atoms with Gasteiger partial charge >= 0.3 is 0 Å². The Hall–Kier alpha value is -3.13. The van der Waals surface area contributed by atoms with Crippen molar-refractivity contribution in [2.45, 2.75) is 19.8 Å². The molecule has 0 aliphatic heterocycles. The van der Waals surface area contributed by atoms with Gasteiger partial charge in [0.2, 0.25) is 10.1 Å². The Morgan fingerprint density at radius 2 is 2.03 bits per heavy atom. The van der Waals surface area contributed by atoms with Crippen molar-refractivity contribution >= 4 is 21.4 Å². The molecule has 29 heavy (non-hydrogen) atoms. The Morgan fingerprint density at radius 1 is 1.14 bits per heavy atom. The van der Waals surface area contributed by atoms with Gasteiger partial charge in [-0.15, -0.1) is 5.10 Å². The van der Waals surface area contributed by atoms with E-state index in [2.05, 4.69) is 28.3 Å². The lowest BCUT2D eigenvalue weighted by molar-refractivity contribution is 0.352. The molecule has 0 unspecified atom stereocenters. The summed E-state index contributed by atoms with van der Waals surface area (Å²) in [5.41, 5.74) is 4.06. The normalized spacial score (nSPS) is 11.0. The third-order valence-corrected chi connectivity index (χ3v) is 5.58. The molecule has 3 aromatic heterocycles. The Balaban J connectivity index is 1.59. The van der Waals surface area contributed by atoms with Crippen molar-refractivity contribution in [1.82, 2.24) is 19.6 Å². The van der Waals surface area contributed by atoms with E-state index >= 15 is 0 Å². The standard InChI is InChI=1S/C21H23N5O2S/c1-4-14-11-15(12-18(27-2)19(14)28-3)17-13-24-21-26(17)25-20(29-21)23-10-8-16-7-5-6-9-22-16/h5-7,9,11-13H,4,8,10H2,1-3H3,(H,23,25). The van der Waals surface area contributed by atoms with Crippen molar-refractivity contribution in [1.29, 1.82) is 0 Å². The zero-order valence-electron chi connectivity index (χ0n) is 16.7. The quantitative estimate of drug-likeness (QED) is 0.473. The van der Waals surface area contributed by atoms with Crippen molar-refractivity contribution in [2.75, 3.05) is 26.1 Å². The third-order valence-electron chi connectivity index (χ3n) is 4.70. The van der Waals surface area contributed by atoms with Gasteiger partial charge in [-0.1, -0.05) is 24.3 Å². The first kappa shape index (κ1) is 19.2. The van der Waals surface area contributed by atoms with Crippen LogP contribution >= 0.6 is 11.3 Å². The van der Waals surface area contributed by atoms with E-state index in [1.54, 1.807) is 14.2 Å². The number of hydrogen-bond acceptors (Lipinski definition) is 7. The summed E-state index contributed by atoms with van der Waals surface area (Å²) in [6.07, 6.45) is 5.34. The first-order chi connectivity index (χ1) is 14.2. The van der Waals surface area contributed by atoms with E-state index in [4.69, 9.17) is 14.6 Å². The summed E-state index contributed by atoms with van der Waals surface area (Å²) in [5, 5.41) is 8.91. The molecule has 0 aliphatic rings. The van der Waals surface area contributed by atoms with Gasteiger partial charge < -0.3 is 14.8 Å². The van der Waals surface area contributed by atoms with E-state index in [1.165, 1.54) is 11.3 Å². The van der Waals surface area contributed by atoms with Crippen molar-refractivity contribution in [3.63, 3.8) is 0 Å². The summed E-state index contributed by atoms with van der Waals surface area (Å²) in [4.78, 5) is 9.72. The second-order valence-corrected chi connectivity index (χ2v) is 7.42. The highest BCUT2D eigenvalue weighted by molar-refractivity contribution is 7.20. The van der Waals surface area contributed by atoms with Crippen LogP contribution in [0.15, 0.2) is 42.7 Å². The maximum Gasteiger partial charge on any atom is 0.214 e. The molecule has 150 valence electrons. The molecule has 0 saturated carbocycles. The van der Waals surface area contributed by atoms with Gasteiger partial charge in [0.15, 0.2) is 11.5 Å². The number of benzene rings is 1. The molecule has 3 heterocycles. The minimum absolute atomic E-state index is 0.709. The van der Waals surface area contributed by atoms with E-state index in [0.29, 0.717) is 5.75 Å². The summed E-state index contributed by atoms with van der Waals surface area (Å²) in [7, 11) is 3.32. The van der Waals surface area contributed by atoms with Gasteiger partial charge in [-0.2, -0.15) is 0 Å². The number of imidazole rings is 1. The van der Waals surface area contributed by atoms with Crippen LogP contribution in [-0.2, 0) is 12.8 Å². The van der Waals surface area contributed by atoms with Crippen LogP contribution in [0.25, 0.3) is 16.2 Å². The zero-order valence-corrected chi connectivity index (χ0v) is 17.5. The molecule has 0 atom stereocenters. The summed E-state index contributed by atoms with van der Waals surface area (Å²) in [6.45, 7) is 2.86. The van der Waals surface area contributed by atoms with Crippen LogP contribution < -0.4 is 14.8 Å². The maximum absolute atomic E-state index is 5.54. The lowest BCUT2D eigenvalue weighted by Crippen LogP contribution is -2.06. The largest absolute Gasteiger partial charge is 0.493 e. The fourth-order valence-corrected chi connectivity index (χ4v) is 4.06. The van der Waals surface area contributed by atoms with Gasteiger partial charge in [0, 0.05) is 30.4 Å². The number of hydrogen-bond donors (Lipinski definition) is 1. The number of methoxy groups -OCH3 is 2. The molecule has 0 aliphatic carbocycles.